The smallest absolute Gasteiger partial charge is 0.324 e. The van der Waals surface area contributed by atoms with Crippen LogP contribution in [0.2, 0.25) is 0 Å². The summed E-state index contributed by atoms with van der Waals surface area (Å²) < 4.78 is 5.13. The van der Waals surface area contributed by atoms with Gasteiger partial charge in [0.05, 0.1) is 19.0 Å². The Kier molecular flexibility index (Phi) is 5.11. The standard InChI is InChI=1S/C19H18N4O2/c1-25-17-10-7-15(8-11-17)21-16-9-12-18(20-13-16)23-19(24)22-14-5-3-2-4-6-14/h2-13,21H,1H3,(H2,20,22,23,24). The summed E-state index contributed by atoms with van der Waals surface area (Å²) in [6.07, 6.45) is 1.66. The molecule has 0 unspecified atom stereocenters. The highest BCUT2D eigenvalue weighted by atomic mass is 16.5. The third-order valence-electron chi connectivity index (χ3n) is 3.42. The molecule has 0 saturated carbocycles. The number of urea groups is 1. The number of hydrogen-bond acceptors (Lipinski definition) is 4. The Balaban J connectivity index is 1.57. The van der Waals surface area contributed by atoms with Crippen LogP contribution in [0.4, 0.5) is 27.7 Å². The third-order valence-corrected chi connectivity index (χ3v) is 3.42. The first-order valence-electron chi connectivity index (χ1n) is 7.73. The van der Waals surface area contributed by atoms with Gasteiger partial charge in [-0.3, -0.25) is 5.32 Å². The van der Waals surface area contributed by atoms with Crippen molar-refractivity contribution in [3.63, 3.8) is 0 Å². The number of rotatable bonds is 5. The number of ether oxygens (including phenoxy) is 1. The highest BCUT2D eigenvalue weighted by Gasteiger charge is 2.03. The summed E-state index contributed by atoms with van der Waals surface area (Å²) in [5.74, 6) is 1.27. The number of methoxy groups -OCH3 is 1. The topological polar surface area (TPSA) is 75.3 Å². The van der Waals surface area contributed by atoms with Crippen LogP contribution < -0.4 is 20.7 Å². The monoisotopic (exact) mass is 334 g/mol. The molecule has 0 aliphatic rings. The number of pyridine rings is 1. The molecular weight excluding hydrogens is 316 g/mol. The Morgan fingerprint density at radius 1 is 0.840 bits per heavy atom. The predicted molar refractivity (Wildman–Crippen MR) is 99.6 cm³/mol. The first kappa shape index (κ1) is 16.3. The second-order valence-electron chi connectivity index (χ2n) is 5.23. The van der Waals surface area contributed by atoms with Crippen molar-refractivity contribution < 1.29 is 9.53 Å². The number of nitrogens with zero attached hydrogens (tertiary/aromatic N) is 1. The van der Waals surface area contributed by atoms with Crippen LogP contribution in [0.5, 0.6) is 5.75 Å². The lowest BCUT2D eigenvalue weighted by atomic mass is 10.3. The van der Waals surface area contributed by atoms with Gasteiger partial charge in [0.2, 0.25) is 0 Å². The van der Waals surface area contributed by atoms with Gasteiger partial charge >= 0.3 is 6.03 Å². The fourth-order valence-electron chi connectivity index (χ4n) is 2.18. The SMILES string of the molecule is COc1ccc(Nc2ccc(NC(=O)Nc3ccccc3)nc2)cc1. The highest BCUT2D eigenvalue weighted by Crippen LogP contribution is 2.20. The van der Waals surface area contributed by atoms with Gasteiger partial charge in [-0.15, -0.1) is 0 Å². The molecule has 0 radical (unpaired) electrons. The number of carbonyl (C=O) groups excluding carboxylic acids is 1. The molecule has 3 aromatic rings. The number of nitrogens with one attached hydrogen (secondary N) is 3. The van der Waals surface area contributed by atoms with Crippen LogP contribution >= 0.6 is 0 Å². The lowest BCUT2D eigenvalue weighted by Gasteiger charge is -2.09. The summed E-state index contributed by atoms with van der Waals surface area (Å²) in [4.78, 5) is 16.2. The summed E-state index contributed by atoms with van der Waals surface area (Å²) >= 11 is 0. The Labute approximate surface area is 145 Å². The average Bonchev–Trinajstić information content (AvgIpc) is 2.65. The maximum absolute atomic E-state index is 11.9. The zero-order valence-corrected chi connectivity index (χ0v) is 13.7. The van der Waals surface area contributed by atoms with E-state index in [0.717, 1.165) is 22.8 Å². The van der Waals surface area contributed by atoms with Crippen LogP contribution in [-0.2, 0) is 0 Å². The minimum absolute atomic E-state index is 0.338. The van der Waals surface area contributed by atoms with E-state index in [1.165, 1.54) is 0 Å². The third kappa shape index (κ3) is 4.71. The molecule has 2 aromatic carbocycles. The molecule has 3 N–H and O–H groups in total. The molecule has 0 aliphatic heterocycles. The summed E-state index contributed by atoms with van der Waals surface area (Å²) in [5, 5.41) is 8.66. The zero-order valence-electron chi connectivity index (χ0n) is 13.7. The number of benzene rings is 2. The fourth-order valence-corrected chi connectivity index (χ4v) is 2.18. The van der Waals surface area contributed by atoms with E-state index in [-0.39, 0.29) is 6.03 Å². The Hall–Kier alpha value is -3.54. The summed E-state index contributed by atoms with van der Waals surface area (Å²) in [7, 11) is 1.63. The fraction of sp³-hybridized carbons (Fsp3) is 0.0526. The van der Waals surface area contributed by atoms with Gasteiger partial charge in [-0.1, -0.05) is 18.2 Å². The van der Waals surface area contributed by atoms with E-state index in [1.54, 1.807) is 19.4 Å². The van der Waals surface area contributed by atoms with Crippen LogP contribution in [0.15, 0.2) is 72.9 Å². The number of aromatic nitrogens is 1. The van der Waals surface area contributed by atoms with Gasteiger partial charge in [0.1, 0.15) is 11.6 Å². The highest BCUT2D eigenvalue weighted by molar-refractivity contribution is 5.99. The molecule has 126 valence electrons. The molecule has 0 spiro atoms. The van der Waals surface area contributed by atoms with E-state index < -0.39 is 0 Å². The van der Waals surface area contributed by atoms with Crippen molar-refractivity contribution in [1.29, 1.82) is 0 Å². The van der Waals surface area contributed by atoms with Crippen LogP contribution in [0.3, 0.4) is 0 Å². The Bertz CT molecular complexity index is 818. The summed E-state index contributed by atoms with van der Waals surface area (Å²) in [6.45, 7) is 0. The van der Waals surface area contributed by atoms with Gasteiger partial charge in [0.25, 0.3) is 0 Å². The quantitative estimate of drug-likeness (QED) is 0.643. The van der Waals surface area contributed by atoms with Crippen LogP contribution in [-0.4, -0.2) is 18.1 Å². The minimum atomic E-state index is -0.338. The van der Waals surface area contributed by atoms with Gasteiger partial charge in [0, 0.05) is 11.4 Å². The lowest BCUT2D eigenvalue weighted by molar-refractivity contribution is 0.262. The molecular formula is C19H18N4O2. The largest absolute Gasteiger partial charge is 0.497 e. The van der Waals surface area contributed by atoms with E-state index in [1.807, 2.05) is 60.7 Å². The molecule has 2 amide bonds. The number of hydrogen-bond donors (Lipinski definition) is 3. The van der Waals surface area contributed by atoms with Crippen molar-refractivity contribution in [2.45, 2.75) is 0 Å². The van der Waals surface area contributed by atoms with Crippen molar-refractivity contribution >= 4 is 28.9 Å². The van der Waals surface area contributed by atoms with Crippen LogP contribution in [0, 0.1) is 0 Å². The maximum atomic E-state index is 11.9. The molecule has 1 aromatic heterocycles. The van der Waals surface area contributed by atoms with Gasteiger partial charge in [-0.25, -0.2) is 9.78 Å². The molecule has 0 aliphatic carbocycles. The van der Waals surface area contributed by atoms with E-state index >= 15 is 0 Å². The van der Waals surface area contributed by atoms with Crippen molar-refractivity contribution in [2.75, 3.05) is 23.1 Å². The maximum Gasteiger partial charge on any atom is 0.324 e. The molecule has 0 bridgehead atoms. The van der Waals surface area contributed by atoms with E-state index in [9.17, 15) is 4.79 Å². The molecule has 25 heavy (non-hydrogen) atoms. The summed E-state index contributed by atoms with van der Waals surface area (Å²) in [6, 6.07) is 20.0. The lowest BCUT2D eigenvalue weighted by Crippen LogP contribution is -2.19. The molecule has 0 fully saturated rings. The first-order chi connectivity index (χ1) is 12.2. The molecule has 6 heteroatoms. The van der Waals surface area contributed by atoms with Crippen LogP contribution in [0.1, 0.15) is 0 Å². The predicted octanol–water partition coefficient (Wildman–Crippen LogP) is 4.48. The number of para-hydroxylation sites is 1. The molecule has 0 saturated heterocycles. The van der Waals surface area contributed by atoms with Crippen molar-refractivity contribution in [3.05, 3.63) is 72.9 Å². The number of carbonyl (C=O) groups is 1. The van der Waals surface area contributed by atoms with Crippen molar-refractivity contribution in [3.8, 4) is 5.75 Å². The van der Waals surface area contributed by atoms with Gasteiger partial charge in [-0.05, 0) is 48.5 Å². The molecule has 6 nitrogen and oxygen atoms in total. The second-order valence-corrected chi connectivity index (χ2v) is 5.23. The van der Waals surface area contributed by atoms with Crippen molar-refractivity contribution in [2.24, 2.45) is 0 Å². The average molecular weight is 334 g/mol. The van der Waals surface area contributed by atoms with Gasteiger partial charge in [-0.2, -0.15) is 0 Å². The second kappa shape index (κ2) is 7.83. The summed E-state index contributed by atoms with van der Waals surface area (Å²) in [5.41, 5.74) is 2.46. The normalized spacial score (nSPS) is 9.96. The zero-order chi connectivity index (χ0) is 17.5. The van der Waals surface area contributed by atoms with Crippen LogP contribution in [0.25, 0.3) is 0 Å². The van der Waals surface area contributed by atoms with E-state index in [0.29, 0.717) is 5.82 Å². The van der Waals surface area contributed by atoms with E-state index in [4.69, 9.17) is 4.74 Å². The molecule has 3 rings (SSSR count). The van der Waals surface area contributed by atoms with Gasteiger partial charge in [0.15, 0.2) is 0 Å². The number of amides is 2. The molecule has 0 atom stereocenters. The van der Waals surface area contributed by atoms with Crippen molar-refractivity contribution in [1.82, 2.24) is 4.98 Å². The Morgan fingerprint density at radius 2 is 1.56 bits per heavy atom. The minimum Gasteiger partial charge on any atom is -0.497 e. The first-order valence-corrected chi connectivity index (χ1v) is 7.73. The molecule has 1 heterocycles. The van der Waals surface area contributed by atoms with Gasteiger partial charge < -0.3 is 15.4 Å². The number of anilines is 4. The van der Waals surface area contributed by atoms with E-state index in [2.05, 4.69) is 20.9 Å². The Morgan fingerprint density at radius 3 is 2.20 bits per heavy atom.